The van der Waals surface area contributed by atoms with Gasteiger partial charge in [-0.15, -0.1) is 12.4 Å². The van der Waals surface area contributed by atoms with Crippen molar-refractivity contribution < 1.29 is 4.79 Å². The van der Waals surface area contributed by atoms with E-state index in [9.17, 15) is 4.79 Å². The van der Waals surface area contributed by atoms with Gasteiger partial charge in [0.15, 0.2) is 0 Å². The summed E-state index contributed by atoms with van der Waals surface area (Å²) >= 11 is 3.51. The number of hydrogen-bond acceptors (Lipinski definition) is 2. The number of benzene rings is 1. The van der Waals surface area contributed by atoms with E-state index in [4.69, 9.17) is 0 Å². The Morgan fingerprint density at radius 2 is 2.21 bits per heavy atom. The number of halogens is 2. The number of nitrogens with one attached hydrogen (secondary N) is 1. The SMILES string of the molecule is CN(C(=O)CCc1ccccc1Br)C1CCNC1.Cl. The highest BCUT2D eigenvalue weighted by Crippen LogP contribution is 2.18. The van der Waals surface area contributed by atoms with Crippen LogP contribution >= 0.6 is 28.3 Å². The number of rotatable bonds is 4. The van der Waals surface area contributed by atoms with Gasteiger partial charge in [-0.05, 0) is 31.0 Å². The molecule has 1 unspecified atom stereocenters. The van der Waals surface area contributed by atoms with Gasteiger partial charge in [-0.3, -0.25) is 4.79 Å². The first-order chi connectivity index (χ1) is 8.68. The second-order valence-corrected chi connectivity index (χ2v) is 5.60. The van der Waals surface area contributed by atoms with Crippen molar-refractivity contribution in [2.75, 3.05) is 20.1 Å². The van der Waals surface area contributed by atoms with Crippen LogP contribution in [0.2, 0.25) is 0 Å². The Balaban J connectivity index is 0.00000180. The number of carbonyl (C=O) groups excluding carboxylic acids is 1. The molecule has 1 aromatic rings. The average molecular weight is 348 g/mol. The van der Waals surface area contributed by atoms with Crippen LogP contribution in [0.5, 0.6) is 0 Å². The third kappa shape index (κ3) is 4.48. The predicted octanol–water partition coefficient (Wildman–Crippen LogP) is 2.62. The maximum absolute atomic E-state index is 12.1. The van der Waals surface area contributed by atoms with Gasteiger partial charge in [-0.1, -0.05) is 34.1 Å². The van der Waals surface area contributed by atoms with E-state index in [1.54, 1.807) is 0 Å². The Kier molecular flexibility index (Phi) is 6.83. The molecule has 1 aromatic carbocycles. The molecular formula is C14H20BrClN2O. The van der Waals surface area contributed by atoms with Crippen LogP contribution in [0, 0.1) is 0 Å². The molecule has 0 spiro atoms. The van der Waals surface area contributed by atoms with Crippen molar-refractivity contribution in [1.82, 2.24) is 10.2 Å². The van der Waals surface area contributed by atoms with Crippen molar-refractivity contribution >= 4 is 34.2 Å². The molecule has 0 bridgehead atoms. The van der Waals surface area contributed by atoms with Gasteiger partial charge in [0.2, 0.25) is 5.91 Å². The maximum atomic E-state index is 12.1. The van der Waals surface area contributed by atoms with Crippen molar-refractivity contribution in [2.45, 2.75) is 25.3 Å². The second kappa shape index (κ2) is 7.88. The predicted molar refractivity (Wildman–Crippen MR) is 83.8 cm³/mol. The minimum Gasteiger partial charge on any atom is -0.341 e. The highest BCUT2D eigenvalue weighted by Gasteiger charge is 2.22. The van der Waals surface area contributed by atoms with Gasteiger partial charge in [0.25, 0.3) is 0 Å². The highest BCUT2D eigenvalue weighted by molar-refractivity contribution is 9.10. The van der Waals surface area contributed by atoms with E-state index in [0.29, 0.717) is 12.5 Å². The Morgan fingerprint density at radius 3 is 2.84 bits per heavy atom. The third-order valence-corrected chi connectivity index (χ3v) is 4.32. The summed E-state index contributed by atoms with van der Waals surface area (Å²) in [5.74, 6) is 0.236. The average Bonchev–Trinajstić information content (AvgIpc) is 2.90. The summed E-state index contributed by atoms with van der Waals surface area (Å²) in [6, 6.07) is 8.46. The Labute approximate surface area is 129 Å². The molecule has 1 saturated heterocycles. The molecule has 1 amide bonds. The quantitative estimate of drug-likeness (QED) is 0.908. The summed E-state index contributed by atoms with van der Waals surface area (Å²) in [5, 5.41) is 3.29. The van der Waals surface area contributed by atoms with Crippen LogP contribution in [0.4, 0.5) is 0 Å². The molecule has 19 heavy (non-hydrogen) atoms. The van der Waals surface area contributed by atoms with E-state index in [1.807, 2.05) is 30.1 Å². The van der Waals surface area contributed by atoms with Crippen LogP contribution in [0.25, 0.3) is 0 Å². The Morgan fingerprint density at radius 1 is 1.47 bits per heavy atom. The van der Waals surface area contributed by atoms with E-state index in [1.165, 1.54) is 5.56 Å². The van der Waals surface area contributed by atoms with Gasteiger partial charge < -0.3 is 10.2 Å². The molecule has 1 N–H and O–H groups in total. The number of hydrogen-bond donors (Lipinski definition) is 1. The Bertz CT molecular complexity index is 422. The summed E-state index contributed by atoms with van der Waals surface area (Å²) in [6.07, 6.45) is 2.44. The fraction of sp³-hybridized carbons (Fsp3) is 0.500. The van der Waals surface area contributed by atoms with E-state index < -0.39 is 0 Å². The normalized spacial score (nSPS) is 17.9. The molecule has 1 aliphatic rings. The van der Waals surface area contributed by atoms with Crippen LogP contribution in [0.15, 0.2) is 28.7 Å². The number of carbonyl (C=O) groups is 1. The molecule has 0 radical (unpaired) electrons. The molecule has 106 valence electrons. The maximum Gasteiger partial charge on any atom is 0.222 e. The van der Waals surface area contributed by atoms with E-state index in [2.05, 4.69) is 27.3 Å². The molecule has 1 atom stereocenters. The minimum atomic E-state index is 0. The molecule has 3 nitrogen and oxygen atoms in total. The molecule has 0 saturated carbocycles. The molecule has 1 heterocycles. The second-order valence-electron chi connectivity index (χ2n) is 4.74. The van der Waals surface area contributed by atoms with Crippen molar-refractivity contribution in [2.24, 2.45) is 0 Å². The van der Waals surface area contributed by atoms with Crippen molar-refractivity contribution in [3.63, 3.8) is 0 Å². The van der Waals surface area contributed by atoms with Crippen molar-refractivity contribution in [3.8, 4) is 0 Å². The van der Waals surface area contributed by atoms with Crippen LogP contribution in [-0.2, 0) is 11.2 Å². The summed E-state index contributed by atoms with van der Waals surface area (Å²) < 4.78 is 1.09. The number of amides is 1. The van der Waals surface area contributed by atoms with Gasteiger partial charge in [-0.2, -0.15) is 0 Å². The van der Waals surface area contributed by atoms with Crippen LogP contribution < -0.4 is 5.32 Å². The lowest BCUT2D eigenvalue weighted by Gasteiger charge is -2.23. The zero-order chi connectivity index (χ0) is 13.0. The lowest BCUT2D eigenvalue weighted by atomic mass is 10.1. The standard InChI is InChI=1S/C14H19BrN2O.ClH/c1-17(12-8-9-16-10-12)14(18)7-6-11-4-2-3-5-13(11)15;/h2-5,12,16H,6-10H2,1H3;1H. The first-order valence-electron chi connectivity index (χ1n) is 6.38. The van der Waals surface area contributed by atoms with Crippen LogP contribution in [0.1, 0.15) is 18.4 Å². The molecule has 0 aromatic heterocycles. The topological polar surface area (TPSA) is 32.3 Å². The van der Waals surface area contributed by atoms with Crippen LogP contribution in [-0.4, -0.2) is 37.0 Å². The lowest BCUT2D eigenvalue weighted by Crippen LogP contribution is -2.38. The minimum absolute atomic E-state index is 0. The molecule has 1 fully saturated rings. The van der Waals surface area contributed by atoms with Gasteiger partial charge in [-0.25, -0.2) is 0 Å². The van der Waals surface area contributed by atoms with Crippen LogP contribution in [0.3, 0.4) is 0 Å². The lowest BCUT2D eigenvalue weighted by molar-refractivity contribution is -0.131. The van der Waals surface area contributed by atoms with Gasteiger partial charge in [0, 0.05) is 30.5 Å². The number of nitrogens with zero attached hydrogens (tertiary/aromatic N) is 1. The zero-order valence-electron chi connectivity index (χ0n) is 11.1. The fourth-order valence-corrected chi connectivity index (χ4v) is 2.78. The van der Waals surface area contributed by atoms with Gasteiger partial charge >= 0.3 is 0 Å². The molecular weight excluding hydrogens is 328 g/mol. The largest absolute Gasteiger partial charge is 0.341 e. The van der Waals surface area contributed by atoms with E-state index >= 15 is 0 Å². The zero-order valence-corrected chi connectivity index (χ0v) is 13.5. The molecule has 1 aliphatic heterocycles. The smallest absolute Gasteiger partial charge is 0.222 e. The summed E-state index contributed by atoms with van der Waals surface area (Å²) in [6.45, 7) is 1.95. The molecule has 2 rings (SSSR count). The van der Waals surface area contributed by atoms with Gasteiger partial charge in [0.1, 0.15) is 0 Å². The summed E-state index contributed by atoms with van der Waals surface area (Å²) in [5.41, 5.74) is 1.20. The Hall–Kier alpha value is -0.580. The fourth-order valence-electron chi connectivity index (χ4n) is 2.29. The van der Waals surface area contributed by atoms with Gasteiger partial charge in [0.05, 0.1) is 0 Å². The number of aryl methyl sites for hydroxylation is 1. The summed E-state index contributed by atoms with van der Waals surface area (Å²) in [4.78, 5) is 14.0. The molecule has 0 aliphatic carbocycles. The molecule has 5 heteroatoms. The van der Waals surface area contributed by atoms with Crippen molar-refractivity contribution in [3.05, 3.63) is 34.3 Å². The van der Waals surface area contributed by atoms with E-state index in [-0.39, 0.29) is 18.3 Å². The number of likely N-dealkylation sites (N-methyl/N-ethyl adjacent to an activating group) is 1. The highest BCUT2D eigenvalue weighted by atomic mass is 79.9. The first-order valence-corrected chi connectivity index (χ1v) is 7.17. The van der Waals surface area contributed by atoms with E-state index in [0.717, 1.165) is 30.4 Å². The summed E-state index contributed by atoms with van der Waals surface area (Å²) in [7, 11) is 1.92. The third-order valence-electron chi connectivity index (χ3n) is 3.54. The van der Waals surface area contributed by atoms with Crippen molar-refractivity contribution in [1.29, 1.82) is 0 Å². The first kappa shape index (κ1) is 16.5. The monoisotopic (exact) mass is 346 g/mol.